The number of benzene rings is 3. The molecule has 0 saturated heterocycles. The number of rotatable bonds is 8. The Kier molecular flexibility index (Phi) is 7.20. The maximum Gasteiger partial charge on any atom is 0.102 e. The third-order valence-corrected chi connectivity index (χ3v) is 6.75. The monoisotopic (exact) mass is 470 g/mol. The van der Waals surface area contributed by atoms with Crippen LogP contribution in [-0.4, -0.2) is 13.8 Å². The summed E-state index contributed by atoms with van der Waals surface area (Å²) in [6.45, 7) is 0.952. The standard InChI is InChI=1S/C24H20Cl2N2O2S/c25-19-8-11-22(23(26)14-19)24(15-28-13-12-27-17-28)30-16-18-6-9-21(10-7-18)31(29)20-4-2-1-3-5-20/h1-14,17,24H,15-16H2/t24-,31+/m1/s1. The fourth-order valence-electron chi connectivity index (χ4n) is 3.18. The van der Waals surface area contributed by atoms with Gasteiger partial charge in [0.25, 0.3) is 0 Å². The van der Waals surface area contributed by atoms with Crippen LogP contribution in [0.15, 0.2) is 101 Å². The molecule has 7 heteroatoms. The molecule has 0 aliphatic rings. The van der Waals surface area contributed by atoms with Gasteiger partial charge in [-0.3, -0.25) is 0 Å². The average molecular weight is 471 g/mol. The predicted molar refractivity (Wildman–Crippen MR) is 124 cm³/mol. The van der Waals surface area contributed by atoms with Crippen molar-refractivity contribution >= 4 is 34.0 Å². The first kappa shape index (κ1) is 21.8. The van der Waals surface area contributed by atoms with E-state index < -0.39 is 10.8 Å². The van der Waals surface area contributed by atoms with Crippen LogP contribution >= 0.6 is 23.2 Å². The maximum atomic E-state index is 12.7. The molecule has 0 N–H and O–H groups in total. The second-order valence-corrected chi connectivity index (χ2v) is 9.27. The summed E-state index contributed by atoms with van der Waals surface area (Å²) in [6.07, 6.45) is 5.07. The first-order valence-corrected chi connectivity index (χ1v) is 11.6. The van der Waals surface area contributed by atoms with Crippen LogP contribution in [0, 0.1) is 0 Å². The number of hydrogen-bond acceptors (Lipinski definition) is 3. The van der Waals surface area contributed by atoms with Crippen molar-refractivity contribution in [3.05, 3.63) is 113 Å². The fraction of sp³-hybridized carbons (Fsp3) is 0.125. The van der Waals surface area contributed by atoms with Gasteiger partial charge in [-0.05, 0) is 42.0 Å². The van der Waals surface area contributed by atoms with Gasteiger partial charge in [-0.15, -0.1) is 0 Å². The molecular formula is C24H20Cl2N2O2S. The van der Waals surface area contributed by atoms with Crippen molar-refractivity contribution in [1.82, 2.24) is 9.55 Å². The molecule has 3 aromatic carbocycles. The van der Waals surface area contributed by atoms with Crippen molar-refractivity contribution in [3.63, 3.8) is 0 Å². The van der Waals surface area contributed by atoms with Crippen LogP contribution in [0.5, 0.6) is 0 Å². The lowest BCUT2D eigenvalue weighted by Gasteiger charge is -2.20. The van der Waals surface area contributed by atoms with Crippen molar-refractivity contribution in [1.29, 1.82) is 0 Å². The van der Waals surface area contributed by atoms with E-state index in [0.717, 1.165) is 20.9 Å². The molecule has 31 heavy (non-hydrogen) atoms. The highest BCUT2D eigenvalue weighted by Gasteiger charge is 2.17. The fourth-order valence-corrected chi connectivity index (χ4v) is 4.77. The van der Waals surface area contributed by atoms with E-state index >= 15 is 0 Å². The second-order valence-electron chi connectivity index (χ2n) is 6.95. The lowest BCUT2D eigenvalue weighted by Crippen LogP contribution is -2.12. The van der Waals surface area contributed by atoms with Crippen LogP contribution in [0.25, 0.3) is 0 Å². The summed E-state index contributed by atoms with van der Waals surface area (Å²) in [4.78, 5) is 5.64. The third kappa shape index (κ3) is 5.63. The molecule has 2 atom stereocenters. The Morgan fingerprint density at radius 1 is 0.968 bits per heavy atom. The van der Waals surface area contributed by atoms with Gasteiger partial charge in [-0.2, -0.15) is 0 Å². The number of ether oxygens (including phenoxy) is 1. The number of nitrogens with zero attached hydrogens (tertiary/aromatic N) is 2. The molecular weight excluding hydrogens is 451 g/mol. The Morgan fingerprint density at radius 2 is 1.71 bits per heavy atom. The summed E-state index contributed by atoms with van der Waals surface area (Å²) in [5.74, 6) is 0. The van der Waals surface area contributed by atoms with Crippen LogP contribution in [0.1, 0.15) is 17.2 Å². The molecule has 158 valence electrons. The minimum absolute atomic E-state index is 0.280. The summed E-state index contributed by atoms with van der Waals surface area (Å²) in [6, 6.07) is 22.5. The van der Waals surface area contributed by atoms with E-state index in [1.165, 1.54) is 0 Å². The summed E-state index contributed by atoms with van der Waals surface area (Å²) in [5, 5.41) is 1.14. The molecule has 4 nitrogen and oxygen atoms in total. The molecule has 0 aliphatic carbocycles. The highest BCUT2D eigenvalue weighted by molar-refractivity contribution is 7.85. The Balaban J connectivity index is 1.48. The van der Waals surface area contributed by atoms with E-state index in [2.05, 4.69) is 4.98 Å². The molecule has 0 amide bonds. The van der Waals surface area contributed by atoms with E-state index in [1.54, 1.807) is 24.7 Å². The van der Waals surface area contributed by atoms with E-state index in [-0.39, 0.29) is 6.10 Å². The molecule has 0 bridgehead atoms. The molecule has 4 rings (SSSR count). The first-order chi connectivity index (χ1) is 15.1. The first-order valence-electron chi connectivity index (χ1n) is 9.68. The summed E-state index contributed by atoms with van der Waals surface area (Å²) >= 11 is 12.5. The van der Waals surface area contributed by atoms with Crippen molar-refractivity contribution < 1.29 is 8.95 Å². The Morgan fingerprint density at radius 3 is 2.39 bits per heavy atom. The van der Waals surface area contributed by atoms with Gasteiger partial charge >= 0.3 is 0 Å². The van der Waals surface area contributed by atoms with Gasteiger partial charge in [0.1, 0.15) is 6.10 Å². The molecule has 0 radical (unpaired) electrons. The zero-order chi connectivity index (χ0) is 21.6. The smallest absolute Gasteiger partial charge is 0.102 e. The number of halogens is 2. The third-order valence-electron chi connectivity index (χ3n) is 4.79. The quantitative estimate of drug-likeness (QED) is 0.302. The van der Waals surface area contributed by atoms with Gasteiger partial charge in [-0.25, -0.2) is 9.19 Å². The second kappa shape index (κ2) is 10.2. The summed E-state index contributed by atoms with van der Waals surface area (Å²) in [5.41, 5.74) is 1.84. The summed E-state index contributed by atoms with van der Waals surface area (Å²) in [7, 11) is -1.21. The van der Waals surface area contributed by atoms with Crippen molar-refractivity contribution in [2.45, 2.75) is 29.0 Å². The van der Waals surface area contributed by atoms with Gasteiger partial charge in [-0.1, -0.05) is 59.6 Å². The van der Waals surface area contributed by atoms with Crippen LogP contribution in [-0.2, 0) is 28.7 Å². The lowest BCUT2D eigenvalue weighted by molar-refractivity contribution is 0.0280. The number of hydrogen-bond donors (Lipinski definition) is 0. The van der Waals surface area contributed by atoms with E-state index in [4.69, 9.17) is 27.9 Å². The SMILES string of the molecule is O=[S@@](c1ccccc1)c1ccc(CO[C@H](Cn2ccnc2)c2ccc(Cl)cc2Cl)cc1. The highest BCUT2D eigenvalue weighted by atomic mass is 35.5. The summed E-state index contributed by atoms with van der Waals surface area (Å²) < 4.78 is 20.9. The average Bonchev–Trinajstić information content (AvgIpc) is 3.31. The minimum atomic E-state index is -1.21. The molecule has 0 aliphatic heterocycles. The van der Waals surface area contributed by atoms with Gasteiger partial charge in [0, 0.05) is 37.8 Å². The van der Waals surface area contributed by atoms with Crippen molar-refractivity contribution in [2.24, 2.45) is 0 Å². The Hall–Kier alpha value is -2.44. The normalized spacial score (nSPS) is 13.1. The Bertz CT molecular complexity index is 1150. The predicted octanol–water partition coefficient (Wildman–Crippen LogP) is 6.31. The lowest BCUT2D eigenvalue weighted by atomic mass is 10.1. The molecule has 1 aromatic heterocycles. The van der Waals surface area contributed by atoms with Gasteiger partial charge < -0.3 is 9.30 Å². The maximum absolute atomic E-state index is 12.7. The topological polar surface area (TPSA) is 44.1 Å². The minimum Gasteiger partial charge on any atom is -0.367 e. The molecule has 0 saturated carbocycles. The van der Waals surface area contributed by atoms with Gasteiger partial charge in [0.2, 0.25) is 0 Å². The highest BCUT2D eigenvalue weighted by Crippen LogP contribution is 2.30. The van der Waals surface area contributed by atoms with Crippen LogP contribution < -0.4 is 0 Å². The van der Waals surface area contributed by atoms with Gasteiger partial charge in [0.15, 0.2) is 0 Å². The molecule has 1 heterocycles. The van der Waals surface area contributed by atoms with Crippen LogP contribution in [0.4, 0.5) is 0 Å². The zero-order valence-electron chi connectivity index (χ0n) is 16.5. The number of aromatic nitrogens is 2. The zero-order valence-corrected chi connectivity index (χ0v) is 18.9. The Labute approximate surface area is 193 Å². The van der Waals surface area contributed by atoms with E-state index in [9.17, 15) is 4.21 Å². The van der Waals surface area contributed by atoms with Crippen molar-refractivity contribution in [3.8, 4) is 0 Å². The molecule has 0 unspecified atom stereocenters. The van der Waals surface area contributed by atoms with Crippen molar-refractivity contribution in [2.75, 3.05) is 0 Å². The van der Waals surface area contributed by atoms with E-state index in [0.29, 0.717) is 23.2 Å². The van der Waals surface area contributed by atoms with E-state index in [1.807, 2.05) is 71.4 Å². The molecule has 0 spiro atoms. The largest absolute Gasteiger partial charge is 0.367 e. The molecule has 0 fully saturated rings. The number of imidazole rings is 1. The molecule has 4 aromatic rings. The van der Waals surface area contributed by atoms with Crippen LogP contribution in [0.3, 0.4) is 0 Å². The van der Waals surface area contributed by atoms with Gasteiger partial charge in [0.05, 0.1) is 30.3 Å². The van der Waals surface area contributed by atoms with Crippen LogP contribution in [0.2, 0.25) is 10.0 Å².